The number of halogens is 1. The van der Waals surface area contributed by atoms with E-state index in [4.69, 9.17) is 18.8 Å². The molecule has 3 saturated heterocycles. The first kappa shape index (κ1) is 29.1. The number of benzene rings is 1. The van der Waals surface area contributed by atoms with Crippen LogP contribution in [-0.4, -0.2) is 96.3 Å². The van der Waals surface area contributed by atoms with Crippen LogP contribution in [0.2, 0.25) is 0 Å². The molecule has 4 aliphatic rings. The summed E-state index contributed by atoms with van der Waals surface area (Å²) in [6.45, 7) is 16.2. The van der Waals surface area contributed by atoms with Crippen LogP contribution in [0, 0.1) is 0 Å². The molecule has 2 atom stereocenters. The van der Waals surface area contributed by atoms with Crippen molar-refractivity contribution in [2.75, 3.05) is 39.4 Å². The number of morpholine rings is 1. The molecule has 0 aromatic heterocycles. The zero-order valence-corrected chi connectivity index (χ0v) is 24.9. The molecule has 11 heteroatoms. The van der Waals surface area contributed by atoms with E-state index in [9.17, 15) is 14.0 Å². The van der Waals surface area contributed by atoms with Crippen LogP contribution in [0.5, 0.6) is 0 Å². The number of hydrogen-bond donors (Lipinski definition) is 0. The van der Waals surface area contributed by atoms with Crippen molar-refractivity contribution in [2.24, 2.45) is 0 Å². The Labute approximate surface area is 237 Å². The Morgan fingerprint density at radius 2 is 1.75 bits per heavy atom. The Morgan fingerprint density at radius 3 is 2.38 bits per heavy atom. The minimum absolute atomic E-state index is 0.138. The fourth-order valence-electron chi connectivity index (χ4n) is 5.79. The van der Waals surface area contributed by atoms with Gasteiger partial charge in [-0.1, -0.05) is 12.1 Å². The van der Waals surface area contributed by atoms with Gasteiger partial charge in [0.15, 0.2) is 0 Å². The van der Waals surface area contributed by atoms with E-state index in [1.54, 1.807) is 14.7 Å². The largest absolute Gasteiger partial charge is 0.494 e. The summed E-state index contributed by atoms with van der Waals surface area (Å²) < 4.78 is 38.3. The second kappa shape index (κ2) is 10.5. The molecule has 9 nitrogen and oxygen atoms in total. The third-order valence-electron chi connectivity index (χ3n) is 8.71. The van der Waals surface area contributed by atoms with E-state index in [1.165, 1.54) is 0 Å². The number of likely N-dealkylation sites (tertiary alicyclic amines) is 1. The van der Waals surface area contributed by atoms with E-state index in [0.29, 0.717) is 52.2 Å². The van der Waals surface area contributed by atoms with Crippen LogP contribution >= 0.6 is 0 Å². The van der Waals surface area contributed by atoms with Gasteiger partial charge in [-0.15, -0.1) is 0 Å². The molecule has 4 aliphatic heterocycles. The summed E-state index contributed by atoms with van der Waals surface area (Å²) in [6, 6.07) is 3.60. The normalized spacial score (nSPS) is 26.2. The lowest BCUT2D eigenvalue weighted by molar-refractivity contribution is -0.0334. The maximum atomic E-state index is 13.9. The molecule has 0 spiro atoms. The summed E-state index contributed by atoms with van der Waals surface area (Å²) in [5.41, 5.74) is 2.20. The highest BCUT2D eigenvalue weighted by molar-refractivity contribution is 6.62. The standard InChI is InChI=1S/C29H43BFN3O6/c1-27(2,3)38-26(36)34-12-13-37-18-24(34)22-15-20(30-39-28(4,5)29(6,7)40-30)14-19-8-10-33(17-23(19)22)25(35)32-11-9-21(31)16-32/h14-15,21,24H,8-13,16-18H2,1-7H3/t21-,24-/m0/s1. The molecule has 5 rings (SSSR count). The molecule has 1 aromatic carbocycles. The van der Waals surface area contributed by atoms with Crippen molar-refractivity contribution in [1.82, 2.24) is 14.7 Å². The van der Waals surface area contributed by atoms with E-state index >= 15 is 0 Å². The number of ether oxygens (including phenoxy) is 2. The molecule has 0 bridgehead atoms. The number of carbonyl (C=O) groups excluding carboxylic acids is 2. The van der Waals surface area contributed by atoms with Crippen LogP contribution in [-0.2, 0) is 31.7 Å². The minimum atomic E-state index is -0.971. The van der Waals surface area contributed by atoms with Crippen LogP contribution in [0.4, 0.5) is 14.0 Å². The topological polar surface area (TPSA) is 80.8 Å². The first-order chi connectivity index (χ1) is 18.6. The third kappa shape index (κ3) is 5.70. The van der Waals surface area contributed by atoms with Gasteiger partial charge in [0.05, 0.1) is 37.0 Å². The van der Waals surface area contributed by atoms with E-state index in [-0.39, 0.29) is 12.6 Å². The van der Waals surface area contributed by atoms with Gasteiger partial charge in [0, 0.05) is 26.2 Å². The molecule has 0 aliphatic carbocycles. The summed E-state index contributed by atoms with van der Waals surface area (Å²) in [4.78, 5) is 31.8. The molecule has 3 fully saturated rings. The van der Waals surface area contributed by atoms with Crippen molar-refractivity contribution in [1.29, 1.82) is 0 Å². The van der Waals surface area contributed by atoms with Crippen molar-refractivity contribution in [3.63, 3.8) is 0 Å². The van der Waals surface area contributed by atoms with Crippen LogP contribution in [0.1, 0.15) is 77.6 Å². The van der Waals surface area contributed by atoms with Crippen molar-refractivity contribution >= 4 is 24.7 Å². The summed E-state index contributed by atoms with van der Waals surface area (Å²) in [7, 11) is -0.570. The van der Waals surface area contributed by atoms with Gasteiger partial charge in [-0.25, -0.2) is 14.0 Å². The Hall–Kier alpha value is -2.37. The number of alkyl halides is 1. The molecule has 0 radical (unpaired) electrons. The minimum Gasteiger partial charge on any atom is -0.444 e. The van der Waals surface area contributed by atoms with Crippen molar-refractivity contribution in [3.8, 4) is 0 Å². The monoisotopic (exact) mass is 559 g/mol. The maximum absolute atomic E-state index is 13.9. The highest BCUT2D eigenvalue weighted by Gasteiger charge is 2.52. The lowest BCUT2D eigenvalue weighted by Crippen LogP contribution is -2.48. The van der Waals surface area contributed by atoms with Gasteiger partial charge in [0.2, 0.25) is 0 Å². The SMILES string of the molecule is CC(C)(C)OC(=O)N1CCOC[C@H]1c1cc(B2OC(C)(C)C(C)(C)O2)cc2c1CN(C(=O)N1CC[C@H](F)C1)CC2. The lowest BCUT2D eigenvalue weighted by Gasteiger charge is -2.40. The molecule has 1 aromatic rings. The van der Waals surface area contributed by atoms with E-state index < -0.39 is 42.2 Å². The highest BCUT2D eigenvalue weighted by atomic mass is 19.1. The van der Waals surface area contributed by atoms with Gasteiger partial charge in [-0.3, -0.25) is 4.90 Å². The predicted molar refractivity (Wildman–Crippen MR) is 149 cm³/mol. The van der Waals surface area contributed by atoms with Gasteiger partial charge < -0.3 is 28.6 Å². The Kier molecular flexibility index (Phi) is 7.63. The van der Waals surface area contributed by atoms with E-state index in [1.807, 2.05) is 54.5 Å². The Bertz CT molecular complexity index is 1140. The molecule has 3 amide bonds. The average molecular weight is 559 g/mol. The maximum Gasteiger partial charge on any atom is 0.494 e. The van der Waals surface area contributed by atoms with Crippen molar-refractivity contribution in [3.05, 3.63) is 28.8 Å². The second-order valence-corrected chi connectivity index (χ2v) is 13.4. The average Bonchev–Trinajstić information content (AvgIpc) is 3.40. The Morgan fingerprint density at radius 1 is 1.05 bits per heavy atom. The number of nitrogens with zero attached hydrogens (tertiary/aromatic N) is 3. The van der Waals surface area contributed by atoms with Gasteiger partial charge in [0.25, 0.3) is 0 Å². The first-order valence-electron chi connectivity index (χ1n) is 14.4. The fraction of sp³-hybridized carbons (Fsp3) is 0.724. The summed E-state index contributed by atoms with van der Waals surface area (Å²) in [5.74, 6) is 0. The number of urea groups is 1. The van der Waals surface area contributed by atoms with E-state index in [0.717, 1.165) is 22.2 Å². The number of rotatable bonds is 2. The second-order valence-electron chi connectivity index (χ2n) is 13.4. The van der Waals surface area contributed by atoms with Crippen LogP contribution in [0.25, 0.3) is 0 Å². The molecular weight excluding hydrogens is 516 g/mol. The molecule has 0 N–H and O–H groups in total. The Balaban J connectivity index is 1.52. The quantitative estimate of drug-likeness (QED) is 0.513. The van der Waals surface area contributed by atoms with Crippen molar-refractivity contribution in [2.45, 2.75) is 96.9 Å². The smallest absolute Gasteiger partial charge is 0.444 e. The molecule has 4 heterocycles. The van der Waals surface area contributed by atoms with Crippen LogP contribution < -0.4 is 5.46 Å². The fourth-order valence-corrected chi connectivity index (χ4v) is 5.79. The predicted octanol–water partition coefficient (Wildman–Crippen LogP) is 3.82. The zero-order valence-electron chi connectivity index (χ0n) is 24.9. The molecule has 0 saturated carbocycles. The first-order valence-corrected chi connectivity index (χ1v) is 14.4. The van der Waals surface area contributed by atoms with Crippen LogP contribution in [0.3, 0.4) is 0 Å². The van der Waals surface area contributed by atoms with Gasteiger partial charge in [-0.2, -0.15) is 0 Å². The third-order valence-corrected chi connectivity index (χ3v) is 8.71. The lowest BCUT2D eigenvalue weighted by atomic mass is 9.74. The number of fused-ring (bicyclic) bond motifs is 1. The number of hydrogen-bond acceptors (Lipinski definition) is 6. The van der Waals surface area contributed by atoms with Crippen LogP contribution in [0.15, 0.2) is 12.1 Å². The molecule has 40 heavy (non-hydrogen) atoms. The molecular formula is C29H43BFN3O6. The summed E-state index contributed by atoms with van der Waals surface area (Å²) >= 11 is 0. The highest BCUT2D eigenvalue weighted by Crippen LogP contribution is 2.38. The molecule has 220 valence electrons. The number of carbonyl (C=O) groups is 2. The summed E-state index contributed by atoms with van der Waals surface area (Å²) in [5, 5.41) is 0. The number of amides is 3. The summed E-state index contributed by atoms with van der Waals surface area (Å²) in [6.07, 6.45) is -0.358. The van der Waals surface area contributed by atoms with Crippen molar-refractivity contribution < 1.29 is 32.8 Å². The van der Waals surface area contributed by atoms with E-state index in [2.05, 4.69) is 6.07 Å². The zero-order chi connectivity index (χ0) is 29.0. The van der Waals surface area contributed by atoms with Gasteiger partial charge in [0.1, 0.15) is 11.8 Å². The van der Waals surface area contributed by atoms with Gasteiger partial charge >= 0.3 is 19.2 Å². The van der Waals surface area contributed by atoms with Gasteiger partial charge in [-0.05, 0) is 83.5 Å². The molecule has 0 unspecified atom stereocenters.